The minimum Gasteiger partial charge on any atom is -0.390 e. The lowest BCUT2D eigenvalue weighted by atomic mass is 10.5. The van der Waals surface area contributed by atoms with Gasteiger partial charge in [-0.2, -0.15) is 0 Å². The summed E-state index contributed by atoms with van der Waals surface area (Å²) < 4.78 is 6.78. The fourth-order valence-electron chi connectivity index (χ4n) is 0.823. The van der Waals surface area contributed by atoms with Gasteiger partial charge in [-0.1, -0.05) is 5.21 Å². The monoisotopic (exact) mass is 171 g/mol. The molecule has 1 N–H and O–H groups in total. The molecule has 0 amide bonds. The first-order chi connectivity index (χ1) is 5.86. The molecule has 0 spiro atoms. The summed E-state index contributed by atoms with van der Waals surface area (Å²) in [6.07, 6.45) is 1.71. The topological polar surface area (TPSA) is 60.2 Å². The first-order valence-electron chi connectivity index (χ1n) is 3.94. The van der Waals surface area contributed by atoms with Gasteiger partial charge in [-0.25, -0.2) is 4.68 Å². The van der Waals surface area contributed by atoms with E-state index in [1.807, 2.05) is 6.92 Å². The zero-order valence-electron chi connectivity index (χ0n) is 7.10. The van der Waals surface area contributed by atoms with E-state index in [0.29, 0.717) is 25.5 Å². The third kappa shape index (κ3) is 2.60. The maximum atomic E-state index is 8.68. The van der Waals surface area contributed by atoms with Gasteiger partial charge in [0.15, 0.2) is 0 Å². The van der Waals surface area contributed by atoms with E-state index in [1.165, 1.54) is 0 Å². The average molecular weight is 171 g/mol. The number of nitrogens with zero attached hydrogens (tertiary/aromatic N) is 3. The number of rotatable bonds is 5. The van der Waals surface area contributed by atoms with Crippen molar-refractivity contribution in [3.8, 4) is 0 Å². The average Bonchev–Trinajstić information content (AvgIpc) is 2.53. The lowest BCUT2D eigenvalue weighted by molar-refractivity contribution is 0.136. The van der Waals surface area contributed by atoms with Crippen molar-refractivity contribution in [2.45, 2.75) is 20.1 Å². The van der Waals surface area contributed by atoms with Crippen molar-refractivity contribution >= 4 is 0 Å². The number of aliphatic hydroxyl groups is 1. The Morgan fingerprint density at radius 1 is 1.67 bits per heavy atom. The van der Waals surface area contributed by atoms with Crippen LogP contribution in [0.5, 0.6) is 0 Å². The Hall–Kier alpha value is -0.940. The molecule has 0 aliphatic carbocycles. The van der Waals surface area contributed by atoms with Crippen LogP contribution in [-0.2, 0) is 17.9 Å². The van der Waals surface area contributed by atoms with Crippen LogP contribution in [-0.4, -0.2) is 33.3 Å². The Kier molecular flexibility index (Phi) is 3.69. The molecule has 12 heavy (non-hydrogen) atoms. The second kappa shape index (κ2) is 4.84. The lowest BCUT2D eigenvalue weighted by Gasteiger charge is -1.99. The highest BCUT2D eigenvalue weighted by Gasteiger charge is 1.97. The van der Waals surface area contributed by atoms with Crippen LogP contribution < -0.4 is 0 Å². The molecular formula is C7H13N3O2. The van der Waals surface area contributed by atoms with Crippen molar-refractivity contribution in [1.29, 1.82) is 0 Å². The quantitative estimate of drug-likeness (QED) is 0.624. The molecule has 0 aliphatic heterocycles. The van der Waals surface area contributed by atoms with Crippen molar-refractivity contribution < 1.29 is 9.84 Å². The summed E-state index contributed by atoms with van der Waals surface area (Å²) in [4.78, 5) is 0. The van der Waals surface area contributed by atoms with Gasteiger partial charge in [0.2, 0.25) is 0 Å². The SMILES string of the molecule is CCOCCn1cc(CO)nn1. The molecule has 5 nitrogen and oxygen atoms in total. The predicted octanol–water partition coefficient (Wildman–Crippen LogP) is -0.193. The Balaban J connectivity index is 2.31. The Bertz CT molecular complexity index is 224. The van der Waals surface area contributed by atoms with E-state index in [-0.39, 0.29) is 6.61 Å². The van der Waals surface area contributed by atoms with Crippen LogP contribution >= 0.6 is 0 Å². The molecule has 5 heteroatoms. The van der Waals surface area contributed by atoms with Gasteiger partial charge < -0.3 is 9.84 Å². The summed E-state index contributed by atoms with van der Waals surface area (Å²) in [7, 11) is 0. The summed E-state index contributed by atoms with van der Waals surface area (Å²) >= 11 is 0. The summed E-state index contributed by atoms with van der Waals surface area (Å²) in [6.45, 7) is 3.91. The van der Waals surface area contributed by atoms with E-state index in [0.717, 1.165) is 0 Å². The number of aliphatic hydroxyl groups excluding tert-OH is 1. The van der Waals surface area contributed by atoms with E-state index < -0.39 is 0 Å². The fraction of sp³-hybridized carbons (Fsp3) is 0.714. The van der Waals surface area contributed by atoms with Crippen LogP contribution in [0.2, 0.25) is 0 Å². The third-order valence-corrected chi connectivity index (χ3v) is 1.42. The molecule has 68 valence electrons. The molecule has 0 saturated carbocycles. The van der Waals surface area contributed by atoms with Crippen LogP contribution in [0.15, 0.2) is 6.20 Å². The Morgan fingerprint density at radius 3 is 3.08 bits per heavy atom. The molecule has 0 aliphatic rings. The van der Waals surface area contributed by atoms with E-state index in [1.54, 1.807) is 10.9 Å². The van der Waals surface area contributed by atoms with Gasteiger partial charge in [0.1, 0.15) is 5.69 Å². The van der Waals surface area contributed by atoms with Gasteiger partial charge in [-0.05, 0) is 6.92 Å². The highest BCUT2D eigenvalue weighted by molar-refractivity contribution is 4.88. The molecule has 0 atom stereocenters. The molecule has 1 rings (SSSR count). The molecule has 1 aromatic rings. The van der Waals surface area contributed by atoms with Gasteiger partial charge in [0, 0.05) is 6.61 Å². The van der Waals surface area contributed by atoms with Crippen molar-refractivity contribution in [1.82, 2.24) is 15.0 Å². The second-order valence-corrected chi connectivity index (χ2v) is 2.33. The van der Waals surface area contributed by atoms with Gasteiger partial charge in [-0.3, -0.25) is 0 Å². The zero-order chi connectivity index (χ0) is 8.81. The van der Waals surface area contributed by atoms with E-state index in [4.69, 9.17) is 9.84 Å². The zero-order valence-corrected chi connectivity index (χ0v) is 7.10. The van der Waals surface area contributed by atoms with Gasteiger partial charge in [0.05, 0.1) is 26.0 Å². The van der Waals surface area contributed by atoms with Crippen LogP contribution in [0.3, 0.4) is 0 Å². The summed E-state index contributed by atoms with van der Waals surface area (Å²) in [5.41, 5.74) is 0.589. The maximum absolute atomic E-state index is 8.68. The van der Waals surface area contributed by atoms with Crippen molar-refractivity contribution in [3.05, 3.63) is 11.9 Å². The maximum Gasteiger partial charge on any atom is 0.108 e. The molecule has 1 aromatic heterocycles. The van der Waals surface area contributed by atoms with Gasteiger partial charge in [-0.15, -0.1) is 5.10 Å². The highest BCUT2D eigenvalue weighted by atomic mass is 16.5. The lowest BCUT2D eigenvalue weighted by Crippen LogP contribution is -2.06. The summed E-state index contributed by atoms with van der Waals surface area (Å²) in [6, 6.07) is 0. The molecule has 1 heterocycles. The van der Waals surface area contributed by atoms with Crippen LogP contribution in [0.1, 0.15) is 12.6 Å². The van der Waals surface area contributed by atoms with Gasteiger partial charge in [0.25, 0.3) is 0 Å². The normalized spacial score (nSPS) is 10.5. The van der Waals surface area contributed by atoms with Crippen molar-refractivity contribution in [2.75, 3.05) is 13.2 Å². The smallest absolute Gasteiger partial charge is 0.108 e. The molecule has 0 aromatic carbocycles. The fourth-order valence-corrected chi connectivity index (χ4v) is 0.823. The molecule has 0 saturated heterocycles. The predicted molar refractivity (Wildman–Crippen MR) is 42.4 cm³/mol. The molecule has 0 bridgehead atoms. The molecule has 0 radical (unpaired) electrons. The third-order valence-electron chi connectivity index (χ3n) is 1.42. The minimum atomic E-state index is -0.0609. The van der Waals surface area contributed by atoms with Crippen molar-refractivity contribution in [3.63, 3.8) is 0 Å². The standard InChI is InChI=1S/C7H13N3O2/c1-2-12-4-3-10-5-7(6-11)8-9-10/h5,11H,2-4,6H2,1H3. The molecular weight excluding hydrogens is 158 g/mol. The number of hydrogen-bond acceptors (Lipinski definition) is 4. The van der Waals surface area contributed by atoms with E-state index in [2.05, 4.69) is 10.3 Å². The van der Waals surface area contributed by atoms with Gasteiger partial charge >= 0.3 is 0 Å². The van der Waals surface area contributed by atoms with E-state index in [9.17, 15) is 0 Å². The van der Waals surface area contributed by atoms with E-state index >= 15 is 0 Å². The summed E-state index contributed by atoms with van der Waals surface area (Å²) in [5, 5.41) is 16.2. The second-order valence-electron chi connectivity index (χ2n) is 2.33. The van der Waals surface area contributed by atoms with Crippen LogP contribution in [0.4, 0.5) is 0 Å². The Labute approximate surface area is 71.0 Å². The number of ether oxygens (including phenoxy) is 1. The first-order valence-corrected chi connectivity index (χ1v) is 3.94. The molecule has 0 fully saturated rings. The summed E-state index contributed by atoms with van der Waals surface area (Å²) in [5.74, 6) is 0. The highest BCUT2D eigenvalue weighted by Crippen LogP contribution is 1.91. The van der Waals surface area contributed by atoms with Crippen LogP contribution in [0.25, 0.3) is 0 Å². The minimum absolute atomic E-state index is 0.0609. The Morgan fingerprint density at radius 2 is 2.50 bits per heavy atom. The number of hydrogen-bond donors (Lipinski definition) is 1. The van der Waals surface area contributed by atoms with Crippen LogP contribution in [0, 0.1) is 0 Å². The van der Waals surface area contributed by atoms with Crippen molar-refractivity contribution in [2.24, 2.45) is 0 Å². The molecule has 0 unspecified atom stereocenters. The first kappa shape index (κ1) is 9.15. The largest absolute Gasteiger partial charge is 0.390 e. The number of aromatic nitrogens is 3.